The Kier molecular flexibility index (Phi) is 2.98. The molecule has 0 aromatic heterocycles. The van der Waals surface area contributed by atoms with Crippen molar-refractivity contribution in [2.75, 3.05) is 0 Å². The zero-order chi connectivity index (χ0) is 11.0. The van der Waals surface area contributed by atoms with Crippen LogP contribution in [0.25, 0.3) is 0 Å². The van der Waals surface area contributed by atoms with Gasteiger partial charge in [0.1, 0.15) is 5.76 Å². The highest BCUT2D eigenvalue weighted by Gasteiger charge is 2.25. The quantitative estimate of drug-likeness (QED) is 0.602. The number of allylic oxidation sites excluding steroid dienone is 6. The van der Waals surface area contributed by atoms with E-state index in [9.17, 15) is 0 Å². The van der Waals surface area contributed by atoms with Crippen LogP contribution in [0.1, 0.15) is 12.8 Å². The number of hydrogen-bond donors (Lipinski definition) is 0. The molecule has 1 unspecified atom stereocenters. The first-order chi connectivity index (χ1) is 7.84. The third kappa shape index (κ3) is 1.91. The summed E-state index contributed by atoms with van der Waals surface area (Å²) in [5.41, 5.74) is 1.29. The summed E-state index contributed by atoms with van der Waals surface area (Å²) in [6.07, 6.45) is 15.1. The average Bonchev–Trinajstić information content (AvgIpc) is 2.45. The van der Waals surface area contributed by atoms with Gasteiger partial charge in [-0.3, -0.25) is 0 Å². The predicted molar refractivity (Wildman–Crippen MR) is 77.2 cm³/mol. The number of halogens is 1. The Balaban J connectivity index is 2.02. The summed E-state index contributed by atoms with van der Waals surface area (Å²) in [5, 5.41) is 0.427. The second-order valence-electron chi connectivity index (χ2n) is 3.84. The molecule has 3 aliphatic rings. The van der Waals surface area contributed by atoms with Crippen LogP contribution in [0.4, 0.5) is 0 Å². The van der Waals surface area contributed by atoms with Crippen LogP contribution in [0.2, 0.25) is 0 Å². The summed E-state index contributed by atoms with van der Waals surface area (Å²) < 4.78 is 6.94. The van der Waals surface area contributed by atoms with Crippen molar-refractivity contribution in [2.24, 2.45) is 0 Å². The van der Waals surface area contributed by atoms with E-state index in [1.807, 2.05) is 11.8 Å². The lowest BCUT2D eigenvalue weighted by Gasteiger charge is -2.16. The fourth-order valence-electron chi connectivity index (χ4n) is 1.94. The highest BCUT2D eigenvalue weighted by molar-refractivity contribution is 14.1. The normalized spacial score (nSPS) is 27.4. The van der Waals surface area contributed by atoms with Crippen LogP contribution >= 0.6 is 34.4 Å². The standard InChI is InChI=1S/C13H11IOS/c14-13-9-5-1-3-7-11(9)16-12-8-4-2-6-10(12)15-13/h1-3,5-7,11H,4,8H2. The molecule has 0 bridgehead atoms. The summed E-state index contributed by atoms with van der Waals surface area (Å²) in [6, 6.07) is 0. The SMILES string of the molecule is IC1=C2C=CC=CC2SC2=C(C=CCC2)O1. The fourth-order valence-corrected chi connectivity index (χ4v) is 4.15. The van der Waals surface area contributed by atoms with Gasteiger partial charge in [-0.2, -0.15) is 0 Å². The Morgan fingerprint density at radius 2 is 2.25 bits per heavy atom. The maximum absolute atomic E-state index is 5.94. The first-order valence-electron chi connectivity index (χ1n) is 5.33. The molecule has 0 aromatic carbocycles. The lowest BCUT2D eigenvalue weighted by Crippen LogP contribution is -2.04. The van der Waals surface area contributed by atoms with Crippen LogP contribution in [0, 0.1) is 0 Å². The van der Waals surface area contributed by atoms with E-state index in [-0.39, 0.29) is 0 Å². The molecule has 0 saturated carbocycles. The van der Waals surface area contributed by atoms with Gasteiger partial charge in [0.05, 0.1) is 5.25 Å². The topological polar surface area (TPSA) is 9.23 Å². The molecule has 3 heteroatoms. The van der Waals surface area contributed by atoms with E-state index in [1.54, 1.807) is 0 Å². The first-order valence-corrected chi connectivity index (χ1v) is 7.29. The van der Waals surface area contributed by atoms with Gasteiger partial charge < -0.3 is 4.74 Å². The van der Waals surface area contributed by atoms with Crippen molar-refractivity contribution in [1.82, 2.24) is 0 Å². The average molecular weight is 342 g/mol. The Labute approximate surface area is 113 Å². The molecule has 0 spiro atoms. The summed E-state index contributed by atoms with van der Waals surface area (Å²) in [5.74, 6) is 1.05. The van der Waals surface area contributed by atoms with Gasteiger partial charge in [-0.05, 0) is 41.5 Å². The van der Waals surface area contributed by atoms with Crippen LogP contribution in [0.3, 0.4) is 0 Å². The molecule has 0 radical (unpaired) electrons. The summed E-state index contributed by atoms with van der Waals surface area (Å²) in [6.45, 7) is 0. The Bertz CT molecular complexity index is 468. The smallest absolute Gasteiger partial charge is 0.169 e. The molecule has 0 aromatic rings. The third-order valence-electron chi connectivity index (χ3n) is 2.76. The summed E-state index contributed by atoms with van der Waals surface area (Å²) >= 11 is 4.22. The van der Waals surface area contributed by atoms with E-state index in [4.69, 9.17) is 4.74 Å². The van der Waals surface area contributed by atoms with Gasteiger partial charge in [0.15, 0.2) is 3.77 Å². The molecule has 2 aliphatic carbocycles. The molecule has 0 amide bonds. The molecule has 1 heterocycles. The third-order valence-corrected chi connectivity index (χ3v) is 4.96. The molecule has 0 N–H and O–H groups in total. The second kappa shape index (κ2) is 4.45. The van der Waals surface area contributed by atoms with Gasteiger partial charge in [-0.1, -0.05) is 30.4 Å². The van der Waals surface area contributed by atoms with Crippen molar-refractivity contribution in [2.45, 2.75) is 18.1 Å². The molecular weight excluding hydrogens is 331 g/mol. The van der Waals surface area contributed by atoms with Gasteiger partial charge >= 0.3 is 0 Å². The molecule has 3 rings (SSSR count). The van der Waals surface area contributed by atoms with Gasteiger partial charge in [0, 0.05) is 10.5 Å². The van der Waals surface area contributed by atoms with Crippen LogP contribution in [0.5, 0.6) is 0 Å². The van der Waals surface area contributed by atoms with Gasteiger partial charge in [0.25, 0.3) is 0 Å². The monoisotopic (exact) mass is 342 g/mol. The van der Waals surface area contributed by atoms with Crippen molar-refractivity contribution in [3.63, 3.8) is 0 Å². The maximum atomic E-state index is 5.94. The van der Waals surface area contributed by atoms with Crippen LogP contribution in [-0.4, -0.2) is 5.25 Å². The number of ether oxygens (including phenoxy) is 1. The number of thioether (sulfide) groups is 1. The largest absolute Gasteiger partial charge is 0.450 e. The van der Waals surface area contributed by atoms with E-state index in [1.165, 1.54) is 10.5 Å². The van der Waals surface area contributed by atoms with E-state index in [2.05, 4.69) is 59.0 Å². The van der Waals surface area contributed by atoms with E-state index in [0.29, 0.717) is 5.25 Å². The van der Waals surface area contributed by atoms with E-state index >= 15 is 0 Å². The molecule has 0 fully saturated rings. The first kappa shape index (κ1) is 10.7. The number of hydrogen-bond acceptors (Lipinski definition) is 2. The highest BCUT2D eigenvalue weighted by Crippen LogP contribution is 2.43. The maximum Gasteiger partial charge on any atom is 0.169 e. The molecule has 0 saturated heterocycles. The minimum absolute atomic E-state index is 0.427. The predicted octanol–water partition coefficient (Wildman–Crippen LogP) is 4.45. The van der Waals surface area contributed by atoms with Gasteiger partial charge in [-0.15, -0.1) is 11.8 Å². The second-order valence-corrected chi connectivity index (χ2v) is 6.06. The lowest BCUT2D eigenvalue weighted by atomic mass is 10.1. The number of rotatable bonds is 0. The molecule has 1 aliphatic heterocycles. The molecule has 82 valence electrons. The van der Waals surface area contributed by atoms with Crippen LogP contribution in [0.15, 0.2) is 56.5 Å². The van der Waals surface area contributed by atoms with Crippen molar-refractivity contribution in [1.29, 1.82) is 0 Å². The fraction of sp³-hybridized carbons (Fsp3) is 0.231. The molecule has 1 atom stereocenters. The van der Waals surface area contributed by atoms with Gasteiger partial charge in [-0.25, -0.2) is 0 Å². The van der Waals surface area contributed by atoms with Gasteiger partial charge in [0.2, 0.25) is 0 Å². The zero-order valence-corrected chi connectivity index (χ0v) is 11.6. The number of fused-ring (bicyclic) bond motifs is 1. The molecule has 16 heavy (non-hydrogen) atoms. The Morgan fingerprint density at radius 3 is 3.19 bits per heavy atom. The summed E-state index contributed by atoms with van der Waals surface area (Å²) in [7, 11) is 0. The zero-order valence-electron chi connectivity index (χ0n) is 8.65. The minimum atomic E-state index is 0.427. The van der Waals surface area contributed by atoms with Crippen molar-refractivity contribution in [3.05, 3.63) is 56.5 Å². The highest BCUT2D eigenvalue weighted by atomic mass is 127. The van der Waals surface area contributed by atoms with E-state index in [0.717, 1.165) is 22.4 Å². The van der Waals surface area contributed by atoms with Crippen molar-refractivity contribution in [3.8, 4) is 0 Å². The minimum Gasteiger partial charge on any atom is -0.450 e. The van der Waals surface area contributed by atoms with Crippen molar-refractivity contribution < 1.29 is 4.74 Å². The Hall–Kier alpha value is -0.420. The molecule has 1 nitrogen and oxygen atoms in total. The van der Waals surface area contributed by atoms with E-state index < -0.39 is 0 Å². The Morgan fingerprint density at radius 1 is 1.31 bits per heavy atom. The molecular formula is C13H11IOS. The van der Waals surface area contributed by atoms with Crippen LogP contribution in [-0.2, 0) is 4.74 Å². The summed E-state index contributed by atoms with van der Waals surface area (Å²) in [4.78, 5) is 1.39. The van der Waals surface area contributed by atoms with Crippen LogP contribution < -0.4 is 0 Å². The van der Waals surface area contributed by atoms with Crippen molar-refractivity contribution >= 4 is 34.4 Å². The lowest BCUT2D eigenvalue weighted by molar-refractivity contribution is 0.354.